The molecule has 130 valence electrons. The van der Waals surface area contributed by atoms with Gasteiger partial charge in [0.25, 0.3) is 0 Å². The highest BCUT2D eigenvalue weighted by Crippen LogP contribution is 2.73. The van der Waals surface area contributed by atoms with Gasteiger partial charge in [0.05, 0.1) is 29.6 Å². The van der Waals surface area contributed by atoms with Crippen LogP contribution in [0.15, 0.2) is 42.7 Å². The predicted molar refractivity (Wildman–Crippen MR) is 90.7 cm³/mol. The number of aliphatic carboxylic acids is 1. The van der Waals surface area contributed by atoms with Gasteiger partial charge in [0.2, 0.25) is 5.91 Å². The van der Waals surface area contributed by atoms with Gasteiger partial charge in [-0.05, 0) is 31.7 Å². The van der Waals surface area contributed by atoms with Crippen LogP contribution in [0.25, 0.3) is 0 Å². The molecule has 1 aromatic heterocycles. The summed E-state index contributed by atoms with van der Waals surface area (Å²) in [5, 5.41) is 16.6. The van der Waals surface area contributed by atoms with Gasteiger partial charge >= 0.3 is 5.97 Å². The second kappa shape index (κ2) is 5.44. The highest BCUT2D eigenvalue weighted by atomic mass is 16.4. The lowest BCUT2D eigenvalue weighted by Gasteiger charge is -2.66. The fourth-order valence-electron chi connectivity index (χ4n) is 4.15. The van der Waals surface area contributed by atoms with Crippen LogP contribution in [0.1, 0.15) is 43.4 Å². The summed E-state index contributed by atoms with van der Waals surface area (Å²) in [4.78, 5) is 23.7. The van der Waals surface area contributed by atoms with E-state index in [1.165, 1.54) is 5.56 Å². The molecule has 3 aliphatic rings. The Bertz CT molecular complexity index is 808. The number of rotatable bonds is 6. The standard InChI is InChI=1S/C19H21N3O3/c1-13(21-16(23)18-10-19(11-18,12-18)17(24)25)15-7-20-22(9-15)8-14-5-3-2-4-6-14/h2-7,9,13H,8,10-12H2,1H3,(H,21,23)(H,24,25). The zero-order chi connectivity index (χ0) is 17.7. The van der Waals surface area contributed by atoms with Gasteiger partial charge in [-0.1, -0.05) is 30.3 Å². The molecule has 1 unspecified atom stereocenters. The minimum absolute atomic E-state index is 0.0288. The lowest BCUT2D eigenvalue weighted by molar-refractivity contribution is -0.220. The number of hydrogen-bond acceptors (Lipinski definition) is 3. The van der Waals surface area contributed by atoms with Gasteiger partial charge in [-0.2, -0.15) is 5.10 Å². The number of carboxylic acid groups (broad SMARTS) is 1. The molecule has 1 amide bonds. The SMILES string of the molecule is CC(NC(=O)C12CC(C(=O)O)(C1)C2)c1cnn(Cc2ccccc2)c1. The quantitative estimate of drug-likeness (QED) is 0.846. The van der Waals surface area contributed by atoms with Crippen LogP contribution in [0.2, 0.25) is 0 Å². The monoisotopic (exact) mass is 339 g/mol. The maximum atomic E-state index is 12.5. The van der Waals surface area contributed by atoms with E-state index >= 15 is 0 Å². The lowest BCUT2D eigenvalue weighted by atomic mass is 9.35. The van der Waals surface area contributed by atoms with Gasteiger partial charge in [-0.3, -0.25) is 14.3 Å². The van der Waals surface area contributed by atoms with Gasteiger partial charge in [-0.25, -0.2) is 0 Å². The van der Waals surface area contributed by atoms with Gasteiger partial charge in [0, 0.05) is 11.8 Å². The maximum absolute atomic E-state index is 12.5. The van der Waals surface area contributed by atoms with Gasteiger partial charge in [0.1, 0.15) is 0 Å². The third-order valence-corrected chi connectivity index (χ3v) is 5.65. The number of nitrogens with one attached hydrogen (secondary N) is 1. The zero-order valence-electron chi connectivity index (χ0n) is 14.1. The Hall–Kier alpha value is -2.63. The molecule has 1 atom stereocenters. The van der Waals surface area contributed by atoms with Crippen LogP contribution in [0.4, 0.5) is 0 Å². The highest BCUT2D eigenvalue weighted by molar-refractivity contribution is 5.93. The predicted octanol–water partition coefficient (Wildman–Crippen LogP) is 2.36. The van der Waals surface area contributed by atoms with E-state index < -0.39 is 16.8 Å². The number of carboxylic acids is 1. The van der Waals surface area contributed by atoms with E-state index in [2.05, 4.69) is 10.4 Å². The third kappa shape index (κ3) is 2.52. The molecule has 3 aliphatic carbocycles. The Labute approximate surface area is 145 Å². The lowest BCUT2D eigenvalue weighted by Crippen LogP contribution is -2.70. The first-order chi connectivity index (χ1) is 11.9. The van der Waals surface area contributed by atoms with E-state index in [1.54, 1.807) is 6.20 Å². The molecule has 6 heteroatoms. The molecule has 2 N–H and O–H groups in total. The average molecular weight is 339 g/mol. The van der Waals surface area contributed by atoms with Gasteiger partial charge < -0.3 is 10.4 Å². The van der Waals surface area contributed by atoms with E-state index in [1.807, 2.05) is 48.1 Å². The maximum Gasteiger partial charge on any atom is 0.309 e. The molecular weight excluding hydrogens is 318 g/mol. The van der Waals surface area contributed by atoms with E-state index in [9.17, 15) is 9.59 Å². The minimum atomic E-state index is -0.766. The molecule has 5 rings (SSSR count). The van der Waals surface area contributed by atoms with E-state index in [0.717, 1.165) is 5.56 Å². The topological polar surface area (TPSA) is 84.2 Å². The molecule has 1 heterocycles. The molecule has 2 aromatic rings. The van der Waals surface area contributed by atoms with Crippen molar-refractivity contribution in [3.05, 3.63) is 53.9 Å². The smallest absolute Gasteiger partial charge is 0.309 e. The number of hydrogen-bond donors (Lipinski definition) is 2. The third-order valence-electron chi connectivity index (χ3n) is 5.65. The summed E-state index contributed by atoms with van der Waals surface area (Å²) in [6, 6.07) is 9.93. The molecule has 0 radical (unpaired) electrons. The fourth-order valence-corrected chi connectivity index (χ4v) is 4.15. The molecule has 25 heavy (non-hydrogen) atoms. The van der Waals surface area contributed by atoms with Crippen molar-refractivity contribution in [2.24, 2.45) is 10.8 Å². The molecule has 0 aliphatic heterocycles. The Morgan fingerprint density at radius 3 is 2.56 bits per heavy atom. The summed E-state index contributed by atoms with van der Waals surface area (Å²) >= 11 is 0. The van der Waals surface area contributed by atoms with Crippen LogP contribution >= 0.6 is 0 Å². The molecule has 1 aromatic carbocycles. The summed E-state index contributed by atoms with van der Waals surface area (Å²) < 4.78 is 1.85. The molecule has 6 nitrogen and oxygen atoms in total. The van der Waals surface area contributed by atoms with Crippen LogP contribution in [0, 0.1) is 10.8 Å². The van der Waals surface area contributed by atoms with E-state index in [4.69, 9.17) is 5.11 Å². The van der Waals surface area contributed by atoms with Crippen LogP contribution in [0.5, 0.6) is 0 Å². The first kappa shape index (κ1) is 15.9. The number of carbonyl (C=O) groups is 2. The van der Waals surface area contributed by atoms with Crippen molar-refractivity contribution in [1.29, 1.82) is 0 Å². The Kier molecular flexibility index (Phi) is 3.45. The average Bonchev–Trinajstić information content (AvgIpc) is 2.93. The summed E-state index contributed by atoms with van der Waals surface area (Å²) in [5.74, 6) is -0.795. The van der Waals surface area contributed by atoms with Crippen LogP contribution in [-0.4, -0.2) is 26.8 Å². The number of amides is 1. The largest absolute Gasteiger partial charge is 0.481 e. The summed E-state index contributed by atoms with van der Waals surface area (Å²) in [6.45, 7) is 2.62. The first-order valence-corrected chi connectivity index (χ1v) is 8.53. The van der Waals surface area contributed by atoms with Crippen molar-refractivity contribution in [3.63, 3.8) is 0 Å². The number of nitrogens with zero attached hydrogens (tertiary/aromatic N) is 2. The second-order valence-corrected chi connectivity index (χ2v) is 7.55. The van der Waals surface area contributed by atoms with Crippen molar-refractivity contribution in [3.8, 4) is 0 Å². The highest BCUT2D eigenvalue weighted by Gasteiger charge is 2.75. The molecule has 2 bridgehead atoms. The Balaban J connectivity index is 1.35. The second-order valence-electron chi connectivity index (χ2n) is 7.55. The first-order valence-electron chi connectivity index (χ1n) is 8.53. The molecule has 3 fully saturated rings. The van der Waals surface area contributed by atoms with Crippen LogP contribution in [0.3, 0.4) is 0 Å². The molecular formula is C19H21N3O3. The number of benzene rings is 1. The summed E-state index contributed by atoms with van der Waals surface area (Å²) in [6.07, 6.45) is 5.14. The van der Waals surface area contributed by atoms with E-state index in [0.29, 0.717) is 25.8 Å². The minimum Gasteiger partial charge on any atom is -0.481 e. The number of aromatic nitrogens is 2. The molecule has 0 saturated heterocycles. The summed E-state index contributed by atoms with van der Waals surface area (Å²) in [5.41, 5.74) is 1.04. The normalized spacial score (nSPS) is 27.7. The molecule has 0 spiro atoms. The van der Waals surface area contributed by atoms with Gasteiger partial charge in [0.15, 0.2) is 0 Å². The van der Waals surface area contributed by atoms with Crippen LogP contribution < -0.4 is 5.32 Å². The fraction of sp³-hybridized carbons (Fsp3) is 0.421. The van der Waals surface area contributed by atoms with Gasteiger partial charge in [-0.15, -0.1) is 0 Å². The summed E-state index contributed by atoms with van der Waals surface area (Å²) in [7, 11) is 0. The Morgan fingerprint density at radius 1 is 1.24 bits per heavy atom. The molecule has 3 saturated carbocycles. The van der Waals surface area contributed by atoms with Crippen LogP contribution in [-0.2, 0) is 16.1 Å². The van der Waals surface area contributed by atoms with Crippen molar-refractivity contribution in [1.82, 2.24) is 15.1 Å². The van der Waals surface area contributed by atoms with Crippen molar-refractivity contribution in [2.45, 2.75) is 38.8 Å². The van der Waals surface area contributed by atoms with Crippen molar-refractivity contribution >= 4 is 11.9 Å². The van der Waals surface area contributed by atoms with Crippen molar-refractivity contribution in [2.75, 3.05) is 0 Å². The van der Waals surface area contributed by atoms with E-state index in [-0.39, 0.29) is 11.9 Å². The van der Waals surface area contributed by atoms with Crippen molar-refractivity contribution < 1.29 is 14.7 Å². The number of carbonyl (C=O) groups excluding carboxylic acids is 1. The Morgan fingerprint density at radius 2 is 1.92 bits per heavy atom. The zero-order valence-corrected chi connectivity index (χ0v) is 14.1.